The van der Waals surface area contributed by atoms with Crippen molar-refractivity contribution in [2.75, 3.05) is 6.61 Å². The average molecular weight is 217 g/mol. The Balaban J connectivity index is 2.98. The normalized spacial score (nSPS) is 9.93. The van der Waals surface area contributed by atoms with E-state index in [0.29, 0.717) is 5.76 Å². The first kappa shape index (κ1) is 10.8. The van der Waals surface area contributed by atoms with Crippen molar-refractivity contribution in [3.63, 3.8) is 0 Å². The van der Waals surface area contributed by atoms with Crippen molar-refractivity contribution < 1.29 is 18.7 Å². The molecule has 14 heavy (non-hydrogen) atoms. The molecule has 0 aliphatic heterocycles. The highest BCUT2D eigenvalue weighted by Gasteiger charge is 2.18. The first-order valence-corrected chi connectivity index (χ1v) is 4.41. The Labute approximate surface area is 85.8 Å². The lowest BCUT2D eigenvalue weighted by atomic mass is 10.2. The molecule has 4 nitrogen and oxygen atoms in total. The molecule has 0 aromatic carbocycles. The van der Waals surface area contributed by atoms with Crippen molar-refractivity contribution in [3.8, 4) is 0 Å². The molecule has 1 heterocycles. The summed E-state index contributed by atoms with van der Waals surface area (Å²) in [5.41, 5.74) is 0.232. The Morgan fingerprint density at radius 2 is 2.21 bits per heavy atom. The Bertz CT molecular complexity index is 367. The third-order valence-corrected chi connectivity index (χ3v) is 1.79. The molecule has 0 amide bonds. The van der Waals surface area contributed by atoms with Crippen LogP contribution in [0.2, 0.25) is 0 Å². The topological polar surface area (TPSA) is 56.5 Å². The third kappa shape index (κ3) is 2.14. The van der Waals surface area contributed by atoms with Gasteiger partial charge in [0.1, 0.15) is 11.3 Å². The lowest BCUT2D eigenvalue weighted by Crippen LogP contribution is -2.04. The highest BCUT2D eigenvalue weighted by Crippen LogP contribution is 2.17. The molecule has 0 atom stereocenters. The number of hydrogen-bond acceptors (Lipinski definition) is 4. The standard InChI is InChI=1S/C9H9ClO4/c1-3-13-9(12)6-4-7(8(10)11)14-5(6)2/h4H,3H2,1-2H3. The molecule has 0 spiro atoms. The number of carbonyl (C=O) groups excluding carboxylic acids is 2. The summed E-state index contributed by atoms with van der Waals surface area (Å²) in [5.74, 6) is -0.238. The van der Waals surface area contributed by atoms with Crippen molar-refractivity contribution in [1.29, 1.82) is 0 Å². The lowest BCUT2D eigenvalue weighted by Gasteiger charge is -1.97. The summed E-state index contributed by atoms with van der Waals surface area (Å²) in [5, 5.41) is -0.733. The van der Waals surface area contributed by atoms with Crippen molar-refractivity contribution in [2.45, 2.75) is 13.8 Å². The van der Waals surface area contributed by atoms with E-state index < -0.39 is 11.2 Å². The minimum absolute atomic E-state index is 0.0489. The van der Waals surface area contributed by atoms with Crippen molar-refractivity contribution in [3.05, 3.63) is 23.2 Å². The zero-order chi connectivity index (χ0) is 10.7. The molecule has 0 saturated heterocycles. The number of rotatable bonds is 3. The largest absolute Gasteiger partial charge is 0.462 e. The Hall–Kier alpha value is -1.29. The maximum atomic E-state index is 11.3. The van der Waals surface area contributed by atoms with Gasteiger partial charge in [-0.05, 0) is 25.4 Å². The molecule has 0 aliphatic carbocycles. The van der Waals surface area contributed by atoms with Crippen LogP contribution in [0.5, 0.6) is 0 Å². The summed E-state index contributed by atoms with van der Waals surface area (Å²) in [6, 6.07) is 1.28. The van der Waals surface area contributed by atoms with Crippen LogP contribution in [-0.2, 0) is 4.74 Å². The second kappa shape index (κ2) is 4.28. The summed E-state index contributed by atoms with van der Waals surface area (Å²) in [6.07, 6.45) is 0. The van der Waals surface area contributed by atoms with Gasteiger partial charge in [0.05, 0.1) is 6.61 Å². The van der Waals surface area contributed by atoms with E-state index >= 15 is 0 Å². The van der Waals surface area contributed by atoms with Gasteiger partial charge in [-0.2, -0.15) is 0 Å². The van der Waals surface area contributed by atoms with E-state index in [1.54, 1.807) is 13.8 Å². The first-order valence-electron chi connectivity index (χ1n) is 4.03. The van der Waals surface area contributed by atoms with Crippen LogP contribution < -0.4 is 0 Å². The Kier molecular flexibility index (Phi) is 3.30. The number of ether oxygens (including phenoxy) is 1. The van der Waals surface area contributed by atoms with Crippen LogP contribution in [-0.4, -0.2) is 17.8 Å². The summed E-state index contributed by atoms with van der Waals surface area (Å²) >= 11 is 5.19. The number of furan rings is 1. The van der Waals surface area contributed by atoms with Crippen molar-refractivity contribution in [2.24, 2.45) is 0 Å². The molecule has 0 bridgehead atoms. The van der Waals surface area contributed by atoms with Gasteiger partial charge in [0.2, 0.25) is 0 Å². The molecule has 76 valence electrons. The number of aryl methyl sites for hydroxylation is 1. The van der Waals surface area contributed by atoms with Crippen LogP contribution in [0, 0.1) is 6.92 Å². The average Bonchev–Trinajstić information content (AvgIpc) is 2.48. The molecule has 5 heteroatoms. The molecule has 1 aromatic heterocycles. The number of hydrogen-bond donors (Lipinski definition) is 0. The van der Waals surface area contributed by atoms with E-state index in [2.05, 4.69) is 0 Å². The zero-order valence-electron chi connectivity index (χ0n) is 7.80. The van der Waals surface area contributed by atoms with Crippen molar-refractivity contribution in [1.82, 2.24) is 0 Å². The van der Waals surface area contributed by atoms with Gasteiger partial charge < -0.3 is 9.15 Å². The van der Waals surface area contributed by atoms with E-state index in [9.17, 15) is 9.59 Å². The molecule has 0 radical (unpaired) electrons. The molecule has 0 fully saturated rings. The smallest absolute Gasteiger partial charge is 0.341 e. The maximum absolute atomic E-state index is 11.3. The fraction of sp³-hybridized carbons (Fsp3) is 0.333. The molecule has 0 aliphatic rings. The van der Waals surface area contributed by atoms with Gasteiger partial charge in [-0.15, -0.1) is 0 Å². The fourth-order valence-corrected chi connectivity index (χ4v) is 1.08. The minimum Gasteiger partial charge on any atom is -0.462 e. The molecule has 0 N–H and O–H groups in total. The van der Waals surface area contributed by atoms with E-state index in [0.717, 1.165) is 0 Å². The maximum Gasteiger partial charge on any atom is 0.341 e. The summed E-state index contributed by atoms with van der Waals surface area (Å²) < 4.78 is 9.71. The molecule has 0 saturated carbocycles. The number of carbonyl (C=O) groups is 2. The quantitative estimate of drug-likeness (QED) is 0.574. The van der Waals surface area contributed by atoms with Gasteiger partial charge in [0, 0.05) is 6.07 Å². The van der Waals surface area contributed by atoms with E-state index in [4.69, 9.17) is 20.8 Å². The van der Waals surface area contributed by atoms with E-state index in [-0.39, 0.29) is 17.9 Å². The Morgan fingerprint density at radius 1 is 1.57 bits per heavy atom. The van der Waals surface area contributed by atoms with Gasteiger partial charge >= 0.3 is 5.97 Å². The Morgan fingerprint density at radius 3 is 2.64 bits per heavy atom. The summed E-state index contributed by atoms with van der Waals surface area (Å²) in [6.45, 7) is 3.53. The molecular weight excluding hydrogens is 208 g/mol. The highest BCUT2D eigenvalue weighted by molar-refractivity contribution is 6.67. The van der Waals surface area contributed by atoms with Crippen molar-refractivity contribution >= 4 is 22.8 Å². The van der Waals surface area contributed by atoms with E-state index in [1.165, 1.54) is 6.07 Å². The van der Waals surface area contributed by atoms with Crippen LogP contribution in [0.4, 0.5) is 0 Å². The molecular formula is C9H9ClO4. The van der Waals surface area contributed by atoms with Crippen LogP contribution in [0.3, 0.4) is 0 Å². The number of esters is 1. The van der Waals surface area contributed by atoms with Gasteiger partial charge in [-0.25, -0.2) is 4.79 Å². The number of halogens is 1. The first-order chi connectivity index (χ1) is 6.56. The predicted molar refractivity (Wildman–Crippen MR) is 49.6 cm³/mol. The molecule has 0 unspecified atom stereocenters. The molecule has 1 aromatic rings. The van der Waals surface area contributed by atoms with Crippen LogP contribution in [0.1, 0.15) is 33.6 Å². The minimum atomic E-state index is -0.733. The van der Waals surface area contributed by atoms with E-state index in [1.807, 2.05) is 0 Å². The lowest BCUT2D eigenvalue weighted by molar-refractivity contribution is 0.0524. The highest BCUT2D eigenvalue weighted by atomic mass is 35.5. The monoisotopic (exact) mass is 216 g/mol. The fourth-order valence-electron chi connectivity index (χ4n) is 0.990. The van der Waals surface area contributed by atoms with Gasteiger partial charge in [0.15, 0.2) is 5.76 Å². The second-order valence-corrected chi connectivity index (χ2v) is 2.92. The van der Waals surface area contributed by atoms with Gasteiger partial charge in [0.25, 0.3) is 5.24 Å². The van der Waals surface area contributed by atoms with Crippen LogP contribution in [0.25, 0.3) is 0 Å². The second-order valence-electron chi connectivity index (χ2n) is 2.57. The zero-order valence-corrected chi connectivity index (χ0v) is 8.55. The molecule has 1 rings (SSSR count). The SMILES string of the molecule is CCOC(=O)c1cc(C(=O)Cl)oc1C. The predicted octanol–water partition coefficient (Wildman–Crippen LogP) is 2.14. The van der Waals surface area contributed by atoms with Crippen LogP contribution in [0.15, 0.2) is 10.5 Å². The van der Waals surface area contributed by atoms with Crippen LogP contribution >= 0.6 is 11.6 Å². The summed E-state index contributed by atoms with van der Waals surface area (Å²) in [4.78, 5) is 22.0. The third-order valence-electron chi connectivity index (χ3n) is 1.61. The summed E-state index contributed by atoms with van der Waals surface area (Å²) in [7, 11) is 0. The van der Waals surface area contributed by atoms with Gasteiger partial charge in [-0.3, -0.25) is 4.79 Å². The van der Waals surface area contributed by atoms with Gasteiger partial charge in [-0.1, -0.05) is 0 Å².